The monoisotopic (exact) mass is 468 g/mol. The van der Waals surface area contributed by atoms with E-state index in [1.807, 2.05) is 45.3 Å². The second-order valence-corrected chi connectivity index (χ2v) is 9.75. The minimum Gasteiger partial charge on any atom is -0.311 e. The largest absolute Gasteiger partial charge is 0.311 e. The number of anilines is 2. The highest BCUT2D eigenvalue weighted by Gasteiger charge is 2.56. The predicted molar refractivity (Wildman–Crippen MR) is 132 cm³/mol. The molecule has 2 amide bonds. The molecule has 2 aromatic heterocycles. The van der Waals surface area contributed by atoms with Crippen LogP contribution in [0.1, 0.15) is 36.1 Å². The van der Waals surface area contributed by atoms with E-state index in [4.69, 9.17) is 0 Å². The van der Waals surface area contributed by atoms with E-state index in [2.05, 4.69) is 27.5 Å². The van der Waals surface area contributed by atoms with Gasteiger partial charge in [-0.1, -0.05) is 23.8 Å². The van der Waals surface area contributed by atoms with E-state index < -0.39 is 5.41 Å². The highest BCUT2D eigenvalue weighted by molar-refractivity contribution is 6.02. The molecule has 35 heavy (non-hydrogen) atoms. The van der Waals surface area contributed by atoms with E-state index in [0.717, 1.165) is 35.1 Å². The Kier molecular flexibility index (Phi) is 5.64. The first kappa shape index (κ1) is 22.8. The van der Waals surface area contributed by atoms with Crippen LogP contribution in [-0.4, -0.2) is 33.1 Å². The molecular weight excluding hydrogens is 440 g/mol. The number of carbonyl (C=O) groups excluding carboxylic acids is 2. The molecular formula is C27H28N6O2. The van der Waals surface area contributed by atoms with Gasteiger partial charge in [0, 0.05) is 42.8 Å². The number of rotatable bonds is 6. The zero-order chi connectivity index (χ0) is 24.7. The summed E-state index contributed by atoms with van der Waals surface area (Å²) in [6.45, 7) is 4.34. The van der Waals surface area contributed by atoms with Crippen molar-refractivity contribution in [2.45, 2.75) is 39.5 Å². The summed E-state index contributed by atoms with van der Waals surface area (Å²) in [7, 11) is 1.87. The molecule has 0 unspecified atom stereocenters. The number of aromatic nitrogens is 3. The average Bonchev–Trinajstić information content (AvgIpc) is 3.47. The lowest BCUT2D eigenvalue weighted by Crippen LogP contribution is -2.35. The molecule has 0 bridgehead atoms. The van der Waals surface area contributed by atoms with Crippen molar-refractivity contribution >= 4 is 23.3 Å². The number of benzene rings is 1. The van der Waals surface area contributed by atoms with Crippen molar-refractivity contribution in [2.75, 3.05) is 16.8 Å². The van der Waals surface area contributed by atoms with Crippen molar-refractivity contribution in [3.05, 3.63) is 59.5 Å². The molecule has 1 aromatic carbocycles. The molecule has 1 atom stereocenters. The Morgan fingerprint density at radius 2 is 2.00 bits per heavy atom. The van der Waals surface area contributed by atoms with Crippen LogP contribution < -0.4 is 10.2 Å². The van der Waals surface area contributed by atoms with Gasteiger partial charge in [0.1, 0.15) is 11.2 Å². The molecule has 1 saturated heterocycles. The summed E-state index contributed by atoms with van der Waals surface area (Å²) >= 11 is 0. The number of carbonyl (C=O) groups is 2. The molecule has 5 rings (SSSR count). The van der Waals surface area contributed by atoms with Crippen molar-refractivity contribution in [3.63, 3.8) is 0 Å². The molecule has 8 heteroatoms. The Bertz CT molecular complexity index is 1370. The van der Waals surface area contributed by atoms with Crippen molar-refractivity contribution in [1.29, 1.82) is 5.26 Å². The van der Waals surface area contributed by atoms with E-state index in [9.17, 15) is 14.9 Å². The summed E-state index contributed by atoms with van der Waals surface area (Å²) in [5.41, 5.74) is 4.43. The third kappa shape index (κ3) is 4.42. The van der Waals surface area contributed by atoms with Crippen molar-refractivity contribution in [1.82, 2.24) is 14.8 Å². The van der Waals surface area contributed by atoms with Crippen LogP contribution >= 0.6 is 0 Å². The molecule has 1 N–H and O–H groups in total. The van der Waals surface area contributed by atoms with Gasteiger partial charge in [0.05, 0.1) is 18.7 Å². The minimum atomic E-state index is -0.905. The average molecular weight is 469 g/mol. The van der Waals surface area contributed by atoms with E-state index in [-0.39, 0.29) is 24.2 Å². The normalized spacial score (nSPS) is 19.6. The van der Waals surface area contributed by atoms with Crippen LogP contribution in [0.2, 0.25) is 0 Å². The smallest absolute Gasteiger partial charge is 0.247 e. The standard InChI is InChI=1S/C27H28N6O2/c1-17-8-19(11-20(9-17)21-14-29-32(3)15-21)12-25(34)31-24-13-23(10-18(2)30-24)33-7-6-27(16-28,26(33)35)22-4-5-22/h8-11,13-15,22H,4-7,12H2,1-3H3,(H,30,31,34)/t27-/m1/s1. The van der Waals surface area contributed by atoms with E-state index in [1.165, 1.54) is 0 Å². The fourth-order valence-electron chi connectivity index (χ4n) is 5.08. The third-order valence-corrected chi connectivity index (χ3v) is 6.89. The van der Waals surface area contributed by atoms with Crippen LogP contribution in [0.3, 0.4) is 0 Å². The van der Waals surface area contributed by atoms with Gasteiger partial charge in [-0.25, -0.2) is 4.98 Å². The Hall–Kier alpha value is -3.99. The molecule has 1 aliphatic carbocycles. The Balaban J connectivity index is 1.33. The minimum absolute atomic E-state index is 0.131. The number of hydrogen-bond acceptors (Lipinski definition) is 5. The van der Waals surface area contributed by atoms with Gasteiger partial charge in [-0.2, -0.15) is 10.4 Å². The number of aryl methyl sites for hydroxylation is 3. The first-order chi connectivity index (χ1) is 16.8. The van der Waals surface area contributed by atoms with Crippen LogP contribution in [0.25, 0.3) is 11.1 Å². The summed E-state index contributed by atoms with van der Waals surface area (Å²) < 4.78 is 1.75. The number of amides is 2. The third-order valence-electron chi connectivity index (χ3n) is 6.89. The van der Waals surface area contributed by atoms with Crippen LogP contribution in [0.5, 0.6) is 0 Å². The first-order valence-electron chi connectivity index (χ1n) is 11.9. The topological polar surface area (TPSA) is 104 Å². The Morgan fingerprint density at radius 3 is 2.69 bits per heavy atom. The maximum atomic E-state index is 13.2. The molecule has 8 nitrogen and oxygen atoms in total. The maximum Gasteiger partial charge on any atom is 0.247 e. The number of nitrogens with one attached hydrogen (secondary N) is 1. The molecule has 3 heterocycles. The van der Waals surface area contributed by atoms with Gasteiger partial charge in [-0.05, 0) is 56.2 Å². The van der Waals surface area contributed by atoms with E-state index in [1.54, 1.807) is 21.8 Å². The molecule has 1 saturated carbocycles. The molecule has 2 fully saturated rings. The van der Waals surface area contributed by atoms with Gasteiger partial charge < -0.3 is 10.2 Å². The molecule has 178 valence electrons. The number of nitrogens with zero attached hydrogens (tertiary/aromatic N) is 5. The highest BCUT2D eigenvalue weighted by Crippen LogP contribution is 2.52. The van der Waals surface area contributed by atoms with Crippen LogP contribution in [-0.2, 0) is 23.1 Å². The van der Waals surface area contributed by atoms with Gasteiger partial charge in [-0.15, -0.1) is 0 Å². The van der Waals surface area contributed by atoms with Gasteiger partial charge in [0.25, 0.3) is 0 Å². The molecule has 0 spiro atoms. The fourth-order valence-corrected chi connectivity index (χ4v) is 5.08. The van der Waals surface area contributed by atoms with Gasteiger partial charge in [-0.3, -0.25) is 14.3 Å². The van der Waals surface area contributed by atoms with Gasteiger partial charge in [0.15, 0.2) is 0 Å². The van der Waals surface area contributed by atoms with Gasteiger partial charge in [0.2, 0.25) is 11.8 Å². The van der Waals surface area contributed by atoms with Crippen LogP contribution in [0, 0.1) is 36.5 Å². The van der Waals surface area contributed by atoms with Crippen molar-refractivity contribution in [2.24, 2.45) is 18.4 Å². The Labute approximate surface area is 204 Å². The summed E-state index contributed by atoms with van der Waals surface area (Å²) in [6.07, 6.45) is 6.36. The van der Waals surface area contributed by atoms with Gasteiger partial charge >= 0.3 is 0 Å². The Morgan fingerprint density at radius 1 is 1.20 bits per heavy atom. The molecule has 0 radical (unpaired) electrons. The van der Waals surface area contributed by atoms with E-state index >= 15 is 0 Å². The number of nitriles is 1. The lowest BCUT2D eigenvalue weighted by atomic mass is 9.83. The molecule has 3 aromatic rings. The quantitative estimate of drug-likeness (QED) is 0.590. The second kappa shape index (κ2) is 8.66. The lowest BCUT2D eigenvalue weighted by molar-refractivity contribution is -0.123. The summed E-state index contributed by atoms with van der Waals surface area (Å²) in [6, 6.07) is 11.9. The number of hydrogen-bond donors (Lipinski definition) is 1. The summed E-state index contributed by atoms with van der Waals surface area (Å²) in [5.74, 6) is 0.249. The zero-order valence-electron chi connectivity index (χ0n) is 20.2. The van der Waals surface area contributed by atoms with Crippen molar-refractivity contribution < 1.29 is 9.59 Å². The summed E-state index contributed by atoms with van der Waals surface area (Å²) in [4.78, 5) is 32.2. The fraction of sp³-hybridized carbons (Fsp3) is 0.370. The van der Waals surface area contributed by atoms with Crippen LogP contribution in [0.15, 0.2) is 42.7 Å². The predicted octanol–water partition coefficient (Wildman–Crippen LogP) is 3.94. The first-order valence-corrected chi connectivity index (χ1v) is 11.9. The van der Waals surface area contributed by atoms with Crippen molar-refractivity contribution in [3.8, 4) is 17.2 Å². The second-order valence-electron chi connectivity index (χ2n) is 9.75. The SMILES string of the molecule is Cc1cc(CC(=O)Nc2cc(N3CC[C@@](C#N)(C4CC4)C3=O)cc(C)n2)cc(-c2cnn(C)c2)c1. The molecule has 1 aliphatic heterocycles. The lowest BCUT2D eigenvalue weighted by Gasteiger charge is -2.21. The van der Waals surface area contributed by atoms with Crippen LogP contribution in [0.4, 0.5) is 11.5 Å². The maximum absolute atomic E-state index is 13.2. The van der Waals surface area contributed by atoms with E-state index in [0.29, 0.717) is 30.2 Å². The zero-order valence-corrected chi connectivity index (χ0v) is 20.2. The highest BCUT2D eigenvalue weighted by atomic mass is 16.2. The molecule has 2 aliphatic rings. The summed E-state index contributed by atoms with van der Waals surface area (Å²) in [5, 5.41) is 16.9. The number of pyridine rings is 1.